The number of hydrogen-bond donors (Lipinski definition) is 1. The van der Waals surface area contributed by atoms with Crippen LogP contribution in [-0.4, -0.2) is 56.3 Å². The number of hydrogen-bond acceptors (Lipinski definition) is 4. The molecule has 7 heteroatoms. The molecular weight excluding hydrogens is 374 g/mol. The van der Waals surface area contributed by atoms with Gasteiger partial charge in [0.1, 0.15) is 0 Å². The molecule has 1 fully saturated rings. The molecule has 0 saturated carbocycles. The summed E-state index contributed by atoms with van der Waals surface area (Å²) in [5.74, 6) is -0.621. The number of nitrogens with zero attached hydrogens (tertiary/aromatic N) is 2. The number of carbonyl (C=O) groups is 1. The third kappa shape index (κ3) is 4.67. The lowest BCUT2D eigenvalue weighted by Gasteiger charge is -2.33. The van der Waals surface area contributed by atoms with Crippen LogP contribution in [0.5, 0.6) is 0 Å². The number of amides is 1. The second-order valence-electron chi connectivity index (χ2n) is 6.86. The van der Waals surface area contributed by atoms with Crippen LogP contribution in [0.2, 0.25) is 0 Å². The summed E-state index contributed by atoms with van der Waals surface area (Å²) in [6.07, 6.45) is 4.17. The highest BCUT2D eigenvalue weighted by atomic mass is 32.2. The van der Waals surface area contributed by atoms with Gasteiger partial charge in [-0.1, -0.05) is 48.6 Å². The van der Waals surface area contributed by atoms with E-state index in [1.54, 1.807) is 13.0 Å². The van der Waals surface area contributed by atoms with Gasteiger partial charge in [-0.2, -0.15) is 4.31 Å². The maximum Gasteiger partial charge on any atom is 0.249 e. The standard InChI is InChI=1S/C21H25N3O3S/c1-17-9-10-19(16-20(17)21(22)25)28(26,27)24-14-12-23(13-15-24)11-5-8-18-6-3-2-4-7-18/h2-10,16H,11-15H2,1H3,(H2,22,25). The lowest BCUT2D eigenvalue weighted by atomic mass is 10.1. The molecule has 1 heterocycles. The van der Waals surface area contributed by atoms with Crippen molar-refractivity contribution in [2.75, 3.05) is 32.7 Å². The monoisotopic (exact) mass is 399 g/mol. The van der Waals surface area contributed by atoms with Gasteiger partial charge < -0.3 is 5.73 Å². The van der Waals surface area contributed by atoms with Crippen molar-refractivity contribution in [1.82, 2.24) is 9.21 Å². The van der Waals surface area contributed by atoms with E-state index in [4.69, 9.17) is 5.73 Å². The molecule has 1 amide bonds. The van der Waals surface area contributed by atoms with Crippen LogP contribution in [0.3, 0.4) is 0 Å². The minimum absolute atomic E-state index is 0.115. The van der Waals surface area contributed by atoms with Gasteiger partial charge in [-0.25, -0.2) is 8.42 Å². The third-order valence-electron chi connectivity index (χ3n) is 4.92. The second-order valence-corrected chi connectivity index (χ2v) is 8.80. The molecule has 0 bridgehead atoms. The van der Waals surface area contributed by atoms with Crippen molar-refractivity contribution in [1.29, 1.82) is 0 Å². The molecule has 1 saturated heterocycles. The normalized spacial score (nSPS) is 16.5. The molecule has 2 N–H and O–H groups in total. The van der Waals surface area contributed by atoms with E-state index in [1.807, 2.05) is 30.3 Å². The molecule has 1 aliphatic heterocycles. The SMILES string of the molecule is Cc1ccc(S(=O)(=O)N2CCN(CC=Cc3ccccc3)CC2)cc1C(N)=O. The minimum Gasteiger partial charge on any atom is -0.366 e. The van der Waals surface area contributed by atoms with Gasteiger partial charge in [0.25, 0.3) is 0 Å². The summed E-state index contributed by atoms with van der Waals surface area (Å²) in [7, 11) is -3.64. The van der Waals surface area contributed by atoms with Crippen LogP contribution < -0.4 is 5.73 Å². The summed E-state index contributed by atoms with van der Waals surface area (Å²) >= 11 is 0. The van der Waals surface area contributed by atoms with Crippen molar-refractivity contribution < 1.29 is 13.2 Å². The van der Waals surface area contributed by atoms with Crippen molar-refractivity contribution in [3.05, 3.63) is 71.3 Å². The molecule has 28 heavy (non-hydrogen) atoms. The third-order valence-corrected chi connectivity index (χ3v) is 6.81. The molecule has 148 valence electrons. The Morgan fingerprint density at radius 2 is 1.75 bits per heavy atom. The maximum atomic E-state index is 12.9. The van der Waals surface area contributed by atoms with Crippen molar-refractivity contribution in [2.24, 2.45) is 5.73 Å². The van der Waals surface area contributed by atoms with E-state index in [1.165, 1.54) is 16.4 Å². The minimum atomic E-state index is -3.64. The highest BCUT2D eigenvalue weighted by Gasteiger charge is 2.28. The molecule has 0 aromatic heterocycles. The maximum absolute atomic E-state index is 12.9. The smallest absolute Gasteiger partial charge is 0.249 e. The number of primary amides is 1. The van der Waals surface area contributed by atoms with E-state index in [0.717, 1.165) is 12.1 Å². The Morgan fingerprint density at radius 3 is 2.39 bits per heavy atom. The van der Waals surface area contributed by atoms with Gasteiger partial charge in [-0.05, 0) is 30.2 Å². The van der Waals surface area contributed by atoms with Gasteiger partial charge in [0.2, 0.25) is 15.9 Å². The van der Waals surface area contributed by atoms with Gasteiger partial charge in [-0.15, -0.1) is 0 Å². The topological polar surface area (TPSA) is 83.7 Å². The van der Waals surface area contributed by atoms with Crippen LogP contribution in [0.15, 0.2) is 59.5 Å². The summed E-state index contributed by atoms with van der Waals surface area (Å²) < 4.78 is 27.3. The van der Waals surface area contributed by atoms with E-state index in [0.29, 0.717) is 31.7 Å². The molecule has 2 aromatic carbocycles. The summed E-state index contributed by atoms with van der Waals surface area (Å²) in [5, 5.41) is 0. The zero-order chi connectivity index (χ0) is 20.1. The summed E-state index contributed by atoms with van der Waals surface area (Å²) in [6, 6.07) is 14.6. The zero-order valence-electron chi connectivity index (χ0n) is 15.9. The molecule has 1 aliphatic rings. The largest absolute Gasteiger partial charge is 0.366 e. The van der Waals surface area contributed by atoms with E-state index < -0.39 is 15.9 Å². The van der Waals surface area contributed by atoms with Crippen LogP contribution in [-0.2, 0) is 10.0 Å². The number of sulfonamides is 1. The summed E-state index contributed by atoms with van der Waals surface area (Å²) in [4.78, 5) is 13.9. The number of carbonyl (C=O) groups excluding carboxylic acids is 1. The first-order chi connectivity index (χ1) is 13.4. The Hall–Kier alpha value is -2.48. The zero-order valence-corrected chi connectivity index (χ0v) is 16.7. The first kappa shape index (κ1) is 20.3. The molecule has 0 spiro atoms. The summed E-state index contributed by atoms with van der Waals surface area (Å²) in [5.41, 5.74) is 7.41. The first-order valence-corrected chi connectivity index (χ1v) is 10.7. The fourth-order valence-corrected chi connectivity index (χ4v) is 4.68. The molecule has 2 aromatic rings. The molecule has 3 rings (SSSR count). The van der Waals surface area contributed by atoms with E-state index in [9.17, 15) is 13.2 Å². The highest BCUT2D eigenvalue weighted by Crippen LogP contribution is 2.21. The Bertz CT molecular complexity index is 964. The Balaban J connectivity index is 1.61. The number of aryl methyl sites for hydroxylation is 1. The van der Waals surface area contributed by atoms with Crippen LogP contribution >= 0.6 is 0 Å². The van der Waals surface area contributed by atoms with Crippen molar-refractivity contribution >= 4 is 22.0 Å². The quantitative estimate of drug-likeness (QED) is 0.806. The van der Waals surface area contributed by atoms with E-state index in [-0.39, 0.29) is 10.5 Å². The highest BCUT2D eigenvalue weighted by molar-refractivity contribution is 7.89. The predicted octanol–water partition coefficient (Wildman–Crippen LogP) is 2.11. The fourth-order valence-electron chi connectivity index (χ4n) is 3.23. The van der Waals surface area contributed by atoms with E-state index >= 15 is 0 Å². The van der Waals surface area contributed by atoms with Crippen molar-refractivity contribution in [2.45, 2.75) is 11.8 Å². The Morgan fingerprint density at radius 1 is 1.07 bits per heavy atom. The van der Waals surface area contributed by atoms with Crippen LogP contribution in [0.4, 0.5) is 0 Å². The molecule has 6 nitrogen and oxygen atoms in total. The molecule has 0 aliphatic carbocycles. The number of nitrogens with two attached hydrogens (primary N) is 1. The number of benzene rings is 2. The molecule has 0 atom stereocenters. The number of piperazine rings is 1. The summed E-state index contributed by atoms with van der Waals surface area (Å²) in [6.45, 7) is 4.67. The Labute approximate surface area is 166 Å². The van der Waals surface area contributed by atoms with Gasteiger partial charge in [0.05, 0.1) is 4.90 Å². The Kier molecular flexibility index (Phi) is 6.28. The van der Waals surface area contributed by atoms with E-state index in [2.05, 4.69) is 17.1 Å². The average molecular weight is 400 g/mol. The molecular formula is C21H25N3O3S. The van der Waals surface area contributed by atoms with Crippen LogP contribution in [0.25, 0.3) is 6.08 Å². The number of rotatable bonds is 6. The van der Waals surface area contributed by atoms with Crippen molar-refractivity contribution in [3.63, 3.8) is 0 Å². The van der Waals surface area contributed by atoms with Crippen molar-refractivity contribution in [3.8, 4) is 0 Å². The first-order valence-electron chi connectivity index (χ1n) is 9.22. The average Bonchev–Trinajstić information content (AvgIpc) is 2.69. The molecule has 0 unspecified atom stereocenters. The van der Waals surface area contributed by atoms with Gasteiger partial charge in [0, 0.05) is 38.3 Å². The van der Waals surface area contributed by atoms with Crippen LogP contribution in [0, 0.1) is 6.92 Å². The fraction of sp³-hybridized carbons (Fsp3) is 0.286. The second kappa shape index (κ2) is 8.68. The lowest BCUT2D eigenvalue weighted by Crippen LogP contribution is -2.48. The lowest BCUT2D eigenvalue weighted by molar-refractivity contribution is 0.0999. The molecule has 0 radical (unpaired) electrons. The van der Waals surface area contributed by atoms with Crippen LogP contribution in [0.1, 0.15) is 21.5 Å². The van der Waals surface area contributed by atoms with Gasteiger partial charge >= 0.3 is 0 Å². The van der Waals surface area contributed by atoms with Gasteiger partial charge in [0.15, 0.2) is 0 Å². The van der Waals surface area contributed by atoms with Gasteiger partial charge in [-0.3, -0.25) is 9.69 Å². The predicted molar refractivity (Wildman–Crippen MR) is 110 cm³/mol.